The summed E-state index contributed by atoms with van der Waals surface area (Å²) in [6.45, 7) is 3.42. The number of hydrogen-bond acceptors (Lipinski definition) is 9. The molecule has 140 valence electrons. The Morgan fingerprint density at radius 2 is 1.89 bits per heavy atom. The summed E-state index contributed by atoms with van der Waals surface area (Å²) >= 11 is 2.48. The third kappa shape index (κ3) is 5.34. The number of carbonyl (C=O) groups is 2. The average Bonchev–Trinajstić information content (AvgIpc) is 3.29. The van der Waals surface area contributed by atoms with Crippen LogP contribution in [0.4, 0.5) is 10.8 Å². The molecule has 0 saturated carbocycles. The summed E-state index contributed by atoms with van der Waals surface area (Å²) in [6, 6.07) is 7.02. The van der Waals surface area contributed by atoms with Crippen molar-refractivity contribution >= 4 is 45.7 Å². The number of carbonyl (C=O) groups excluding carboxylic acids is 2. The minimum atomic E-state index is -0.224. The van der Waals surface area contributed by atoms with Gasteiger partial charge in [-0.3, -0.25) is 14.9 Å². The number of anilines is 2. The van der Waals surface area contributed by atoms with Crippen LogP contribution in [0, 0.1) is 0 Å². The first kappa shape index (κ1) is 19.0. The molecule has 3 aromatic rings. The lowest BCUT2D eigenvalue weighted by molar-refractivity contribution is -0.114. The normalized spacial score (nSPS) is 10.6. The van der Waals surface area contributed by atoms with E-state index in [1.165, 1.54) is 18.3 Å². The highest BCUT2D eigenvalue weighted by atomic mass is 32.2. The van der Waals surface area contributed by atoms with Gasteiger partial charge in [-0.2, -0.15) is 0 Å². The van der Waals surface area contributed by atoms with E-state index in [1.807, 2.05) is 6.92 Å². The lowest BCUT2D eigenvalue weighted by atomic mass is 10.2. The van der Waals surface area contributed by atoms with Crippen LogP contribution in [0.2, 0.25) is 0 Å². The number of hydrogen-bond donors (Lipinski definition) is 2. The Morgan fingerprint density at radius 1 is 1.11 bits per heavy atom. The van der Waals surface area contributed by atoms with E-state index in [1.54, 1.807) is 24.3 Å². The van der Waals surface area contributed by atoms with Crippen molar-refractivity contribution in [2.45, 2.75) is 25.5 Å². The van der Waals surface area contributed by atoms with Crippen LogP contribution in [0.1, 0.15) is 18.9 Å². The van der Waals surface area contributed by atoms with Crippen LogP contribution < -0.4 is 10.6 Å². The van der Waals surface area contributed by atoms with E-state index >= 15 is 0 Å². The van der Waals surface area contributed by atoms with Crippen molar-refractivity contribution in [2.24, 2.45) is 0 Å². The zero-order valence-electron chi connectivity index (χ0n) is 14.6. The third-order valence-corrected chi connectivity index (χ3v) is 5.00. The Hall–Kier alpha value is -2.79. The minimum Gasteiger partial charge on any atom is -0.411 e. The zero-order chi connectivity index (χ0) is 19.2. The molecule has 1 aromatic carbocycles. The fourth-order valence-electron chi connectivity index (χ4n) is 2.01. The Labute approximate surface area is 163 Å². The fraction of sp³-hybridized carbons (Fsp3) is 0.250. The summed E-state index contributed by atoms with van der Waals surface area (Å²) < 4.78 is 5.56. The number of amides is 2. The van der Waals surface area contributed by atoms with E-state index in [0.717, 1.165) is 23.2 Å². The molecular weight excluding hydrogens is 388 g/mol. The van der Waals surface area contributed by atoms with Gasteiger partial charge in [0.15, 0.2) is 0 Å². The van der Waals surface area contributed by atoms with Gasteiger partial charge in [0.2, 0.25) is 22.8 Å². The lowest BCUT2D eigenvalue weighted by Crippen LogP contribution is -2.13. The van der Waals surface area contributed by atoms with Crippen LogP contribution in [0.3, 0.4) is 0 Å². The van der Waals surface area contributed by atoms with Crippen molar-refractivity contribution in [2.75, 3.05) is 16.4 Å². The summed E-state index contributed by atoms with van der Waals surface area (Å²) in [5.74, 6) is 0.0867. The van der Waals surface area contributed by atoms with E-state index in [9.17, 15) is 9.59 Å². The maximum Gasteiger partial charge on any atom is 0.277 e. The molecule has 2 aromatic heterocycles. The standard InChI is InChI=1S/C16H16N6O3S2/c1-3-13-19-21-15(27-13)18-12(24)8-26-16-22-20-14(25-16)10-4-6-11(7-5-10)17-9(2)23/h4-7H,3,8H2,1-2H3,(H,17,23)(H,18,21,24). The summed E-state index contributed by atoms with van der Waals surface area (Å²) in [5.41, 5.74) is 1.40. The Kier molecular flexibility index (Phi) is 6.14. The second kappa shape index (κ2) is 8.73. The van der Waals surface area contributed by atoms with Crippen molar-refractivity contribution in [1.29, 1.82) is 0 Å². The van der Waals surface area contributed by atoms with Crippen molar-refractivity contribution in [1.82, 2.24) is 20.4 Å². The van der Waals surface area contributed by atoms with E-state index in [-0.39, 0.29) is 22.8 Å². The highest BCUT2D eigenvalue weighted by molar-refractivity contribution is 7.99. The Morgan fingerprint density at radius 3 is 2.56 bits per heavy atom. The van der Waals surface area contributed by atoms with Crippen LogP contribution in [-0.4, -0.2) is 38.0 Å². The number of thioether (sulfide) groups is 1. The molecule has 9 nitrogen and oxygen atoms in total. The maximum absolute atomic E-state index is 12.0. The molecule has 27 heavy (non-hydrogen) atoms. The predicted molar refractivity (Wildman–Crippen MR) is 103 cm³/mol. The van der Waals surface area contributed by atoms with E-state index in [4.69, 9.17) is 4.42 Å². The second-order valence-electron chi connectivity index (χ2n) is 5.32. The summed E-state index contributed by atoms with van der Waals surface area (Å²) in [4.78, 5) is 23.0. The quantitative estimate of drug-likeness (QED) is 0.576. The maximum atomic E-state index is 12.0. The Bertz CT molecular complexity index is 938. The second-order valence-corrected chi connectivity index (χ2v) is 7.31. The molecule has 0 radical (unpaired) electrons. The molecule has 0 spiro atoms. The highest BCUT2D eigenvalue weighted by Gasteiger charge is 2.13. The van der Waals surface area contributed by atoms with Crippen LogP contribution >= 0.6 is 23.1 Å². The van der Waals surface area contributed by atoms with Crippen molar-refractivity contribution in [3.63, 3.8) is 0 Å². The van der Waals surface area contributed by atoms with Gasteiger partial charge in [0.1, 0.15) is 5.01 Å². The van der Waals surface area contributed by atoms with Crippen LogP contribution in [-0.2, 0) is 16.0 Å². The molecule has 0 unspecified atom stereocenters. The number of nitrogens with one attached hydrogen (secondary N) is 2. The molecule has 2 N–H and O–H groups in total. The van der Waals surface area contributed by atoms with Crippen LogP contribution in [0.25, 0.3) is 11.5 Å². The first-order valence-electron chi connectivity index (χ1n) is 8.00. The fourth-order valence-corrected chi connectivity index (χ4v) is 3.27. The minimum absolute atomic E-state index is 0.115. The third-order valence-electron chi connectivity index (χ3n) is 3.20. The number of nitrogens with zero attached hydrogens (tertiary/aromatic N) is 4. The van der Waals surface area contributed by atoms with Crippen molar-refractivity contribution in [3.8, 4) is 11.5 Å². The van der Waals surface area contributed by atoms with Gasteiger partial charge in [-0.15, -0.1) is 20.4 Å². The SMILES string of the molecule is CCc1nnc(NC(=O)CSc2nnc(-c3ccc(NC(C)=O)cc3)o2)s1. The van der Waals surface area contributed by atoms with Crippen molar-refractivity contribution in [3.05, 3.63) is 29.3 Å². The van der Waals surface area contributed by atoms with Crippen LogP contribution in [0.5, 0.6) is 0 Å². The molecule has 0 aliphatic heterocycles. The monoisotopic (exact) mass is 404 g/mol. The first-order chi connectivity index (χ1) is 13.0. The molecule has 0 atom stereocenters. The van der Waals surface area contributed by atoms with Gasteiger partial charge < -0.3 is 9.73 Å². The largest absolute Gasteiger partial charge is 0.411 e. The molecule has 11 heteroatoms. The number of aryl methyl sites for hydroxylation is 1. The predicted octanol–water partition coefficient (Wildman–Crippen LogP) is 2.84. The van der Waals surface area contributed by atoms with Gasteiger partial charge >= 0.3 is 0 Å². The van der Waals surface area contributed by atoms with Gasteiger partial charge in [0.25, 0.3) is 5.22 Å². The summed E-state index contributed by atoms with van der Waals surface area (Å²) in [7, 11) is 0. The molecule has 0 aliphatic carbocycles. The zero-order valence-corrected chi connectivity index (χ0v) is 16.2. The molecule has 0 aliphatic rings. The van der Waals surface area contributed by atoms with Gasteiger partial charge in [-0.1, -0.05) is 30.0 Å². The van der Waals surface area contributed by atoms with E-state index in [2.05, 4.69) is 31.0 Å². The number of rotatable bonds is 7. The molecular formula is C16H16N6O3S2. The molecule has 2 amide bonds. The summed E-state index contributed by atoms with van der Waals surface area (Å²) in [5, 5.41) is 22.8. The number of benzene rings is 1. The van der Waals surface area contributed by atoms with Gasteiger partial charge in [0.05, 0.1) is 5.75 Å². The molecule has 2 heterocycles. The van der Waals surface area contributed by atoms with Gasteiger partial charge in [-0.25, -0.2) is 0 Å². The first-order valence-corrected chi connectivity index (χ1v) is 9.80. The van der Waals surface area contributed by atoms with Crippen LogP contribution in [0.15, 0.2) is 33.9 Å². The van der Waals surface area contributed by atoms with Gasteiger partial charge in [0, 0.05) is 18.2 Å². The number of aromatic nitrogens is 4. The van der Waals surface area contributed by atoms with Crippen molar-refractivity contribution < 1.29 is 14.0 Å². The van der Waals surface area contributed by atoms with Gasteiger partial charge in [-0.05, 0) is 30.7 Å². The topological polar surface area (TPSA) is 123 Å². The molecule has 0 fully saturated rings. The molecule has 0 bridgehead atoms. The van der Waals surface area contributed by atoms with E-state index < -0.39 is 0 Å². The Balaban J connectivity index is 1.54. The highest BCUT2D eigenvalue weighted by Crippen LogP contribution is 2.24. The smallest absolute Gasteiger partial charge is 0.277 e. The average molecular weight is 404 g/mol. The lowest BCUT2D eigenvalue weighted by Gasteiger charge is -2.01. The molecule has 3 rings (SSSR count). The molecule has 0 saturated heterocycles. The summed E-state index contributed by atoms with van der Waals surface area (Å²) in [6.07, 6.45) is 0.777. The van der Waals surface area contributed by atoms with E-state index in [0.29, 0.717) is 22.3 Å².